The van der Waals surface area contributed by atoms with Crippen molar-refractivity contribution < 1.29 is 13.5 Å². The molecule has 0 radical (unpaired) electrons. The van der Waals surface area contributed by atoms with Crippen LogP contribution in [0, 0.1) is 0 Å². The van der Waals surface area contributed by atoms with E-state index in [9.17, 15) is 13.5 Å². The molecule has 2 fully saturated rings. The summed E-state index contributed by atoms with van der Waals surface area (Å²) in [6.45, 7) is 3.90. The van der Waals surface area contributed by atoms with Gasteiger partial charge < -0.3 is 10.4 Å². The van der Waals surface area contributed by atoms with Gasteiger partial charge in [0.25, 0.3) is 0 Å². The highest BCUT2D eigenvalue weighted by Crippen LogP contribution is 2.13. The van der Waals surface area contributed by atoms with Crippen molar-refractivity contribution in [1.82, 2.24) is 14.5 Å². The molecule has 0 aromatic carbocycles. The van der Waals surface area contributed by atoms with E-state index in [2.05, 4.69) is 10.2 Å². The Morgan fingerprint density at radius 2 is 1.81 bits per heavy atom. The van der Waals surface area contributed by atoms with Crippen LogP contribution in [0.1, 0.15) is 0 Å². The van der Waals surface area contributed by atoms with Gasteiger partial charge in [0.2, 0.25) is 10.0 Å². The van der Waals surface area contributed by atoms with Gasteiger partial charge in [-0.3, -0.25) is 4.90 Å². The monoisotopic (exact) mass is 249 g/mol. The van der Waals surface area contributed by atoms with Crippen LogP contribution in [0.15, 0.2) is 0 Å². The van der Waals surface area contributed by atoms with Crippen molar-refractivity contribution in [2.24, 2.45) is 0 Å². The first kappa shape index (κ1) is 12.3. The number of nitrogens with zero attached hydrogens (tertiary/aromatic N) is 2. The average molecular weight is 249 g/mol. The van der Waals surface area contributed by atoms with E-state index in [0.29, 0.717) is 32.7 Å². The molecule has 2 heterocycles. The highest BCUT2D eigenvalue weighted by atomic mass is 32.2. The molecule has 2 rings (SSSR count). The van der Waals surface area contributed by atoms with Crippen LogP contribution in [0.25, 0.3) is 0 Å². The van der Waals surface area contributed by atoms with Gasteiger partial charge in [0.05, 0.1) is 12.4 Å². The quantitative estimate of drug-likeness (QED) is 0.586. The zero-order chi connectivity index (χ0) is 11.8. The van der Waals surface area contributed by atoms with Crippen molar-refractivity contribution in [2.45, 2.75) is 12.1 Å². The second kappa shape index (κ2) is 4.58. The van der Waals surface area contributed by atoms with Crippen molar-refractivity contribution in [1.29, 1.82) is 0 Å². The number of piperazine rings is 1. The van der Waals surface area contributed by atoms with E-state index in [0.717, 1.165) is 6.54 Å². The molecule has 0 aliphatic carbocycles. The Labute approximate surface area is 96.3 Å². The second-order valence-electron chi connectivity index (χ2n) is 4.49. The second-order valence-corrected chi connectivity index (χ2v) is 6.47. The predicted molar refractivity (Wildman–Crippen MR) is 60.7 cm³/mol. The molecule has 16 heavy (non-hydrogen) atoms. The minimum atomic E-state index is -3.06. The van der Waals surface area contributed by atoms with E-state index in [1.54, 1.807) is 0 Å². The molecule has 2 N–H and O–H groups in total. The maximum absolute atomic E-state index is 11.3. The van der Waals surface area contributed by atoms with Crippen molar-refractivity contribution >= 4 is 10.0 Å². The van der Waals surface area contributed by atoms with Gasteiger partial charge in [0.1, 0.15) is 0 Å². The lowest BCUT2D eigenvalue weighted by atomic mass is 10.1. The number of aliphatic hydroxyl groups is 1. The number of nitrogens with one attached hydrogen (secondary N) is 1. The lowest BCUT2D eigenvalue weighted by Gasteiger charge is -2.37. The summed E-state index contributed by atoms with van der Waals surface area (Å²) < 4.78 is 24.1. The first-order chi connectivity index (χ1) is 7.48. The Morgan fingerprint density at radius 1 is 1.19 bits per heavy atom. The van der Waals surface area contributed by atoms with E-state index in [1.165, 1.54) is 10.6 Å². The first-order valence-electron chi connectivity index (χ1n) is 5.56. The third-order valence-corrected chi connectivity index (χ3v) is 4.67. The first-order valence-corrected chi connectivity index (χ1v) is 7.41. The van der Waals surface area contributed by atoms with Crippen molar-refractivity contribution in [3.8, 4) is 0 Å². The van der Waals surface area contributed by atoms with E-state index in [4.69, 9.17) is 0 Å². The summed E-state index contributed by atoms with van der Waals surface area (Å²) >= 11 is 0. The molecule has 7 heteroatoms. The van der Waals surface area contributed by atoms with Gasteiger partial charge in [-0.05, 0) is 0 Å². The molecule has 0 bridgehead atoms. The van der Waals surface area contributed by atoms with Crippen molar-refractivity contribution in [2.75, 3.05) is 45.5 Å². The van der Waals surface area contributed by atoms with Gasteiger partial charge in [0.15, 0.2) is 0 Å². The fourth-order valence-electron chi connectivity index (χ4n) is 2.39. The number of β-amino-alcohol motifs (C(OH)–C–C–N with tert-alkyl or cyclic N) is 1. The van der Waals surface area contributed by atoms with Crippen LogP contribution in [0.2, 0.25) is 0 Å². The number of aliphatic hydroxyl groups excluding tert-OH is 1. The number of hydrogen-bond donors (Lipinski definition) is 2. The number of hydrogen-bond acceptors (Lipinski definition) is 5. The molecule has 0 aromatic heterocycles. The normalized spacial score (nSPS) is 34.4. The minimum Gasteiger partial charge on any atom is -0.390 e. The molecule has 94 valence electrons. The Kier molecular flexibility index (Phi) is 3.50. The van der Waals surface area contributed by atoms with Gasteiger partial charge in [-0.1, -0.05) is 0 Å². The highest BCUT2D eigenvalue weighted by Gasteiger charge is 2.33. The third-order valence-electron chi connectivity index (χ3n) is 3.36. The molecule has 2 saturated heterocycles. The molecule has 2 unspecified atom stereocenters. The van der Waals surface area contributed by atoms with Crippen LogP contribution < -0.4 is 5.32 Å². The SMILES string of the molecule is CS(=O)(=O)N1CCN(C2CNCC2O)CC1. The van der Waals surface area contributed by atoms with Crippen molar-refractivity contribution in [3.05, 3.63) is 0 Å². The van der Waals surface area contributed by atoms with Gasteiger partial charge in [-0.15, -0.1) is 0 Å². The Bertz CT molecular complexity index is 338. The minimum absolute atomic E-state index is 0.140. The standard InChI is InChI=1S/C9H19N3O3S/c1-16(14,15)12-4-2-11(3-5-12)8-6-10-7-9(8)13/h8-10,13H,2-7H2,1H3. The summed E-state index contributed by atoms with van der Waals surface area (Å²) in [4.78, 5) is 2.17. The molecular weight excluding hydrogens is 230 g/mol. The smallest absolute Gasteiger partial charge is 0.211 e. The molecule has 2 aliphatic heterocycles. The van der Waals surface area contributed by atoms with E-state index in [1.807, 2.05) is 0 Å². The van der Waals surface area contributed by atoms with Gasteiger partial charge >= 0.3 is 0 Å². The summed E-state index contributed by atoms with van der Waals surface area (Å²) in [6.07, 6.45) is 0.916. The fourth-order valence-corrected chi connectivity index (χ4v) is 3.22. The maximum Gasteiger partial charge on any atom is 0.211 e. The molecule has 0 saturated carbocycles. The van der Waals surface area contributed by atoms with E-state index in [-0.39, 0.29) is 12.1 Å². The summed E-state index contributed by atoms with van der Waals surface area (Å²) in [5.74, 6) is 0. The summed E-state index contributed by atoms with van der Waals surface area (Å²) in [7, 11) is -3.06. The zero-order valence-electron chi connectivity index (χ0n) is 9.46. The van der Waals surface area contributed by atoms with Gasteiger partial charge in [0, 0.05) is 45.3 Å². The predicted octanol–water partition coefficient (Wildman–Crippen LogP) is -2.10. The summed E-state index contributed by atoms with van der Waals surface area (Å²) in [6, 6.07) is 0.140. The van der Waals surface area contributed by atoms with Crippen LogP contribution in [-0.4, -0.2) is 80.4 Å². The van der Waals surface area contributed by atoms with Gasteiger partial charge in [-0.25, -0.2) is 8.42 Å². The molecule has 0 spiro atoms. The zero-order valence-corrected chi connectivity index (χ0v) is 10.3. The van der Waals surface area contributed by atoms with Crippen LogP contribution >= 0.6 is 0 Å². The van der Waals surface area contributed by atoms with Crippen LogP contribution in [-0.2, 0) is 10.0 Å². The largest absolute Gasteiger partial charge is 0.390 e. The Hall–Kier alpha value is -0.210. The molecular formula is C9H19N3O3S. The van der Waals surface area contributed by atoms with Crippen LogP contribution in [0.3, 0.4) is 0 Å². The average Bonchev–Trinajstić information content (AvgIpc) is 2.63. The number of rotatable bonds is 2. The summed E-state index contributed by atoms with van der Waals surface area (Å²) in [5, 5.41) is 12.9. The van der Waals surface area contributed by atoms with Crippen molar-refractivity contribution in [3.63, 3.8) is 0 Å². The van der Waals surface area contributed by atoms with Crippen LogP contribution in [0.4, 0.5) is 0 Å². The fraction of sp³-hybridized carbons (Fsp3) is 1.00. The maximum atomic E-state index is 11.3. The molecule has 2 aliphatic rings. The van der Waals surface area contributed by atoms with E-state index >= 15 is 0 Å². The van der Waals surface area contributed by atoms with Gasteiger partial charge in [-0.2, -0.15) is 4.31 Å². The number of sulfonamides is 1. The molecule has 2 atom stereocenters. The summed E-state index contributed by atoms with van der Waals surface area (Å²) in [5.41, 5.74) is 0. The Balaban J connectivity index is 1.90. The molecule has 0 amide bonds. The molecule has 0 aromatic rings. The lowest BCUT2D eigenvalue weighted by Crippen LogP contribution is -2.54. The third kappa shape index (κ3) is 2.54. The lowest BCUT2D eigenvalue weighted by molar-refractivity contribution is 0.0619. The highest BCUT2D eigenvalue weighted by molar-refractivity contribution is 7.88. The Morgan fingerprint density at radius 3 is 2.25 bits per heavy atom. The molecule has 6 nitrogen and oxygen atoms in total. The van der Waals surface area contributed by atoms with E-state index < -0.39 is 10.0 Å². The topological polar surface area (TPSA) is 72.9 Å². The van der Waals surface area contributed by atoms with Crippen LogP contribution in [0.5, 0.6) is 0 Å².